The lowest BCUT2D eigenvalue weighted by atomic mass is 10.1. The largest absolute Gasteiger partial charge is 0.310 e. The molecule has 102 valence electrons. The molecule has 0 aliphatic rings. The normalized spacial score (nSPS) is 12.6. The Bertz CT molecular complexity index is 515. The molecule has 2 N–H and O–H groups in total. The molecule has 1 atom stereocenters. The summed E-state index contributed by atoms with van der Waals surface area (Å²) in [6.45, 7) is 5.31. The highest BCUT2D eigenvalue weighted by molar-refractivity contribution is 7.99. The smallest absolute Gasteiger partial charge is 0.188 e. The van der Waals surface area contributed by atoms with E-state index in [-0.39, 0.29) is 0 Å². The maximum absolute atomic E-state index is 6.31. The van der Waals surface area contributed by atoms with Crippen LogP contribution in [0.5, 0.6) is 0 Å². The standard InChI is InChI=1S/C13H17ClN4S/c1-3-6-15-9(2)10-4-5-12(11(14)7-10)19-13-16-8-17-18-13/h4-5,7-9,15H,3,6H2,1-2H3,(H,16,17,18). The minimum atomic E-state index is 0.307. The number of H-pyrrole nitrogens is 1. The molecule has 1 heterocycles. The third-order valence-corrected chi connectivity index (χ3v) is 4.15. The molecule has 0 bridgehead atoms. The summed E-state index contributed by atoms with van der Waals surface area (Å²) in [4.78, 5) is 5.05. The monoisotopic (exact) mass is 296 g/mol. The Morgan fingerprint density at radius 3 is 2.95 bits per heavy atom. The number of rotatable bonds is 6. The molecule has 0 aliphatic carbocycles. The van der Waals surface area contributed by atoms with Crippen LogP contribution >= 0.6 is 23.4 Å². The second-order valence-corrected chi connectivity index (χ2v) is 5.70. The van der Waals surface area contributed by atoms with Crippen LogP contribution in [0.2, 0.25) is 5.02 Å². The molecule has 0 aliphatic heterocycles. The van der Waals surface area contributed by atoms with Crippen molar-refractivity contribution in [2.75, 3.05) is 6.54 Å². The van der Waals surface area contributed by atoms with Crippen LogP contribution in [-0.2, 0) is 0 Å². The van der Waals surface area contributed by atoms with Gasteiger partial charge in [0.1, 0.15) is 6.33 Å². The molecule has 0 radical (unpaired) electrons. The van der Waals surface area contributed by atoms with Crippen molar-refractivity contribution < 1.29 is 0 Å². The van der Waals surface area contributed by atoms with Crippen LogP contribution < -0.4 is 5.32 Å². The third kappa shape index (κ3) is 3.96. The van der Waals surface area contributed by atoms with E-state index in [4.69, 9.17) is 11.6 Å². The molecule has 6 heteroatoms. The highest BCUT2D eigenvalue weighted by Gasteiger charge is 2.09. The van der Waals surface area contributed by atoms with Gasteiger partial charge in [-0.2, -0.15) is 5.10 Å². The molecule has 19 heavy (non-hydrogen) atoms. The van der Waals surface area contributed by atoms with Gasteiger partial charge in [-0.1, -0.05) is 24.6 Å². The van der Waals surface area contributed by atoms with Gasteiger partial charge in [0.05, 0.1) is 5.02 Å². The van der Waals surface area contributed by atoms with Crippen molar-refractivity contribution >= 4 is 23.4 Å². The number of benzene rings is 1. The summed E-state index contributed by atoms with van der Waals surface area (Å²) in [5.41, 5.74) is 1.19. The van der Waals surface area contributed by atoms with E-state index in [1.54, 1.807) is 0 Å². The Labute approximate surface area is 122 Å². The van der Waals surface area contributed by atoms with Crippen LogP contribution in [0.25, 0.3) is 0 Å². The van der Waals surface area contributed by atoms with E-state index in [1.807, 2.05) is 12.1 Å². The first-order valence-electron chi connectivity index (χ1n) is 6.26. The van der Waals surface area contributed by atoms with Crippen LogP contribution in [0.15, 0.2) is 34.6 Å². The Balaban J connectivity index is 2.08. The van der Waals surface area contributed by atoms with E-state index < -0.39 is 0 Å². The summed E-state index contributed by atoms with van der Waals surface area (Å²) in [6, 6.07) is 6.43. The van der Waals surface area contributed by atoms with Crippen LogP contribution in [0.1, 0.15) is 31.9 Å². The number of nitrogens with zero attached hydrogens (tertiary/aromatic N) is 2. The molecule has 1 aromatic heterocycles. The van der Waals surface area contributed by atoms with Gasteiger partial charge in [-0.25, -0.2) is 4.98 Å². The summed E-state index contributed by atoms with van der Waals surface area (Å²) in [7, 11) is 0. The number of aromatic nitrogens is 3. The summed E-state index contributed by atoms with van der Waals surface area (Å²) in [6.07, 6.45) is 2.61. The van der Waals surface area contributed by atoms with Gasteiger partial charge in [0.15, 0.2) is 5.16 Å². The number of aromatic amines is 1. The molecule has 0 amide bonds. The quantitative estimate of drug-likeness (QED) is 0.854. The van der Waals surface area contributed by atoms with E-state index in [0.29, 0.717) is 6.04 Å². The zero-order valence-corrected chi connectivity index (χ0v) is 12.6. The van der Waals surface area contributed by atoms with Crippen molar-refractivity contribution in [3.63, 3.8) is 0 Å². The van der Waals surface area contributed by atoms with Crippen molar-refractivity contribution in [2.45, 2.75) is 36.4 Å². The molecule has 2 rings (SSSR count). The first-order valence-corrected chi connectivity index (χ1v) is 7.46. The molecule has 1 unspecified atom stereocenters. The van der Waals surface area contributed by atoms with E-state index in [2.05, 4.69) is 40.4 Å². The van der Waals surface area contributed by atoms with Gasteiger partial charge in [-0.05, 0) is 49.3 Å². The van der Waals surface area contributed by atoms with Gasteiger partial charge in [0, 0.05) is 10.9 Å². The molecule has 0 fully saturated rings. The predicted molar refractivity (Wildman–Crippen MR) is 78.7 cm³/mol. The average Bonchev–Trinajstić information content (AvgIpc) is 2.91. The van der Waals surface area contributed by atoms with Crippen LogP contribution in [-0.4, -0.2) is 21.7 Å². The number of halogens is 1. The summed E-state index contributed by atoms with van der Waals surface area (Å²) >= 11 is 7.79. The Hall–Kier alpha value is -1.04. The number of hydrogen-bond acceptors (Lipinski definition) is 4. The van der Waals surface area contributed by atoms with Crippen LogP contribution in [0.3, 0.4) is 0 Å². The number of nitrogens with one attached hydrogen (secondary N) is 2. The second kappa shape index (κ2) is 6.93. The van der Waals surface area contributed by atoms with E-state index in [1.165, 1.54) is 23.7 Å². The fourth-order valence-corrected chi connectivity index (χ4v) is 2.70. The molecule has 2 aromatic rings. The summed E-state index contributed by atoms with van der Waals surface area (Å²) in [5.74, 6) is 0. The Morgan fingerprint density at radius 2 is 2.32 bits per heavy atom. The average molecular weight is 297 g/mol. The second-order valence-electron chi connectivity index (χ2n) is 4.26. The SMILES string of the molecule is CCCNC(C)c1ccc(Sc2ncn[nH]2)c(Cl)c1. The zero-order chi connectivity index (χ0) is 13.7. The van der Waals surface area contributed by atoms with Crippen molar-refractivity contribution in [1.29, 1.82) is 0 Å². The lowest BCUT2D eigenvalue weighted by molar-refractivity contribution is 0.570. The fourth-order valence-electron chi connectivity index (χ4n) is 1.70. The van der Waals surface area contributed by atoms with Gasteiger partial charge in [-0.3, -0.25) is 5.10 Å². The highest BCUT2D eigenvalue weighted by Crippen LogP contribution is 2.32. The highest BCUT2D eigenvalue weighted by atomic mass is 35.5. The molecule has 4 nitrogen and oxygen atoms in total. The molecule has 0 spiro atoms. The molecule has 0 saturated heterocycles. The maximum atomic E-state index is 6.31. The van der Waals surface area contributed by atoms with Crippen LogP contribution in [0.4, 0.5) is 0 Å². The predicted octanol–water partition coefficient (Wildman–Crippen LogP) is 3.67. The van der Waals surface area contributed by atoms with E-state index >= 15 is 0 Å². The van der Waals surface area contributed by atoms with Gasteiger partial charge >= 0.3 is 0 Å². The summed E-state index contributed by atoms with van der Waals surface area (Å²) in [5, 5.41) is 11.6. The molecule has 0 saturated carbocycles. The Kier molecular flexibility index (Phi) is 5.24. The van der Waals surface area contributed by atoms with Crippen molar-refractivity contribution in [3.05, 3.63) is 35.1 Å². The lowest BCUT2D eigenvalue weighted by Gasteiger charge is -2.14. The minimum absolute atomic E-state index is 0.307. The van der Waals surface area contributed by atoms with Gasteiger partial charge in [0.2, 0.25) is 0 Å². The van der Waals surface area contributed by atoms with Gasteiger partial charge in [-0.15, -0.1) is 0 Å². The number of hydrogen-bond donors (Lipinski definition) is 2. The van der Waals surface area contributed by atoms with Crippen molar-refractivity contribution in [2.24, 2.45) is 0 Å². The van der Waals surface area contributed by atoms with Gasteiger partial charge in [0.25, 0.3) is 0 Å². The fraction of sp³-hybridized carbons (Fsp3) is 0.385. The van der Waals surface area contributed by atoms with E-state index in [9.17, 15) is 0 Å². The minimum Gasteiger partial charge on any atom is -0.310 e. The van der Waals surface area contributed by atoms with Crippen molar-refractivity contribution in [3.8, 4) is 0 Å². The third-order valence-electron chi connectivity index (χ3n) is 2.76. The Morgan fingerprint density at radius 1 is 1.47 bits per heavy atom. The first-order chi connectivity index (χ1) is 9.20. The van der Waals surface area contributed by atoms with Crippen LogP contribution in [0, 0.1) is 0 Å². The van der Waals surface area contributed by atoms with Gasteiger partial charge < -0.3 is 5.32 Å². The maximum Gasteiger partial charge on any atom is 0.188 e. The van der Waals surface area contributed by atoms with E-state index in [0.717, 1.165) is 28.0 Å². The zero-order valence-electron chi connectivity index (χ0n) is 11.0. The molecular formula is C13H17ClN4S. The first kappa shape index (κ1) is 14.4. The molecular weight excluding hydrogens is 280 g/mol. The summed E-state index contributed by atoms with van der Waals surface area (Å²) < 4.78 is 0. The lowest BCUT2D eigenvalue weighted by Crippen LogP contribution is -2.19. The molecule has 1 aromatic carbocycles. The van der Waals surface area contributed by atoms with Crippen molar-refractivity contribution in [1.82, 2.24) is 20.5 Å². The topological polar surface area (TPSA) is 53.6 Å².